The molecule has 2 N–H and O–H groups in total. The van der Waals surface area contributed by atoms with Crippen LogP contribution in [0.4, 0.5) is 5.13 Å². The van der Waals surface area contributed by atoms with Crippen molar-refractivity contribution in [1.29, 1.82) is 0 Å². The predicted molar refractivity (Wildman–Crippen MR) is 64.0 cm³/mol. The first kappa shape index (κ1) is 10.3. The Bertz CT molecular complexity index is 281. The molecule has 3 nitrogen and oxygen atoms in total. The quantitative estimate of drug-likeness (QED) is 0.849. The normalized spacial score (nSPS) is 18.6. The number of hydrogen-bond donors (Lipinski definition) is 1. The summed E-state index contributed by atoms with van der Waals surface area (Å²) in [6, 6.07) is 0. The first-order valence-corrected chi connectivity index (χ1v) is 6.88. The summed E-state index contributed by atoms with van der Waals surface area (Å²) in [4.78, 5) is 6.77. The van der Waals surface area contributed by atoms with Crippen LogP contribution in [0.25, 0.3) is 0 Å². The molecule has 14 heavy (non-hydrogen) atoms. The lowest BCUT2D eigenvalue weighted by atomic mass is 10.3. The molecule has 0 radical (unpaired) electrons. The number of nitrogens with zero attached hydrogens (tertiary/aromatic N) is 2. The molecule has 0 atom stereocenters. The van der Waals surface area contributed by atoms with E-state index in [4.69, 9.17) is 5.73 Å². The summed E-state index contributed by atoms with van der Waals surface area (Å²) in [6.45, 7) is 3.58. The second-order valence-corrected chi connectivity index (χ2v) is 5.50. The summed E-state index contributed by atoms with van der Waals surface area (Å²) in [5, 5.41) is 2.75. The van der Waals surface area contributed by atoms with Crippen molar-refractivity contribution in [2.75, 3.05) is 36.9 Å². The fourth-order valence-electron chi connectivity index (χ4n) is 1.53. The topological polar surface area (TPSA) is 42.1 Å². The highest BCUT2D eigenvalue weighted by atomic mass is 32.2. The fraction of sp³-hybridized carbons (Fsp3) is 0.667. The number of aromatic nitrogens is 1. The van der Waals surface area contributed by atoms with E-state index < -0.39 is 0 Å². The van der Waals surface area contributed by atoms with E-state index in [1.54, 1.807) is 0 Å². The summed E-state index contributed by atoms with van der Waals surface area (Å²) < 4.78 is 0. The van der Waals surface area contributed by atoms with Crippen LogP contribution in [0.2, 0.25) is 0 Å². The van der Waals surface area contributed by atoms with Crippen molar-refractivity contribution in [1.82, 2.24) is 9.88 Å². The molecule has 1 aromatic heterocycles. The average molecular weight is 229 g/mol. The standard InChI is InChI=1S/C9H15N3S2/c10-9-11-8(7-14-9)1-2-12-3-5-13-6-4-12/h7H,1-6H2,(H2,10,11). The fourth-order valence-corrected chi connectivity index (χ4v) is 3.11. The summed E-state index contributed by atoms with van der Waals surface area (Å²) in [5.74, 6) is 2.55. The van der Waals surface area contributed by atoms with E-state index in [2.05, 4.69) is 15.3 Å². The molecule has 0 aliphatic carbocycles. The second kappa shape index (κ2) is 5.00. The molecule has 2 heterocycles. The van der Waals surface area contributed by atoms with Gasteiger partial charge in [-0.2, -0.15) is 11.8 Å². The zero-order chi connectivity index (χ0) is 9.80. The molecule has 1 aromatic rings. The van der Waals surface area contributed by atoms with Crippen LogP contribution in [0.15, 0.2) is 5.38 Å². The Labute approximate surface area is 92.7 Å². The van der Waals surface area contributed by atoms with Crippen molar-refractivity contribution in [2.24, 2.45) is 0 Å². The van der Waals surface area contributed by atoms with Gasteiger partial charge < -0.3 is 10.6 Å². The Morgan fingerprint density at radius 3 is 2.86 bits per heavy atom. The van der Waals surface area contributed by atoms with E-state index in [0.717, 1.165) is 18.7 Å². The van der Waals surface area contributed by atoms with Gasteiger partial charge in [-0.15, -0.1) is 11.3 Å². The molecule has 0 aromatic carbocycles. The SMILES string of the molecule is Nc1nc(CCN2CCSCC2)cs1. The third-order valence-corrected chi connectivity index (χ3v) is 4.02. The van der Waals surface area contributed by atoms with Gasteiger partial charge in [-0.05, 0) is 0 Å². The smallest absolute Gasteiger partial charge is 0.180 e. The second-order valence-electron chi connectivity index (χ2n) is 3.38. The number of nitrogen functional groups attached to an aromatic ring is 1. The molecule has 1 aliphatic rings. The Hall–Kier alpha value is -0.260. The van der Waals surface area contributed by atoms with Gasteiger partial charge in [0, 0.05) is 42.9 Å². The molecule has 5 heteroatoms. The zero-order valence-corrected chi connectivity index (χ0v) is 9.74. The summed E-state index contributed by atoms with van der Waals surface area (Å²) in [6.07, 6.45) is 1.04. The van der Waals surface area contributed by atoms with Crippen LogP contribution < -0.4 is 5.73 Å². The maximum Gasteiger partial charge on any atom is 0.180 e. The van der Waals surface area contributed by atoms with E-state index in [1.165, 1.54) is 35.9 Å². The molecule has 0 spiro atoms. The van der Waals surface area contributed by atoms with Gasteiger partial charge in [0.25, 0.3) is 0 Å². The van der Waals surface area contributed by atoms with Crippen LogP contribution in [-0.2, 0) is 6.42 Å². The molecule has 78 valence electrons. The van der Waals surface area contributed by atoms with Crippen LogP contribution in [0.5, 0.6) is 0 Å². The first-order chi connectivity index (χ1) is 6.84. The molecular weight excluding hydrogens is 214 g/mol. The van der Waals surface area contributed by atoms with Gasteiger partial charge in [-0.1, -0.05) is 0 Å². The number of hydrogen-bond acceptors (Lipinski definition) is 5. The minimum absolute atomic E-state index is 0.689. The van der Waals surface area contributed by atoms with Crippen molar-refractivity contribution in [3.63, 3.8) is 0 Å². The Balaban J connectivity index is 1.76. The lowest BCUT2D eigenvalue weighted by molar-refractivity contribution is 0.306. The Morgan fingerprint density at radius 2 is 2.21 bits per heavy atom. The first-order valence-electron chi connectivity index (χ1n) is 4.84. The van der Waals surface area contributed by atoms with E-state index in [9.17, 15) is 0 Å². The highest BCUT2D eigenvalue weighted by Gasteiger charge is 2.10. The molecule has 2 rings (SSSR count). The third kappa shape index (κ3) is 2.87. The minimum Gasteiger partial charge on any atom is -0.375 e. The van der Waals surface area contributed by atoms with Gasteiger partial charge in [-0.25, -0.2) is 4.98 Å². The lowest BCUT2D eigenvalue weighted by Gasteiger charge is -2.25. The average Bonchev–Trinajstić information content (AvgIpc) is 2.63. The van der Waals surface area contributed by atoms with Gasteiger partial charge in [0.1, 0.15) is 0 Å². The maximum atomic E-state index is 5.58. The van der Waals surface area contributed by atoms with Crippen molar-refractivity contribution in [3.05, 3.63) is 11.1 Å². The van der Waals surface area contributed by atoms with Crippen LogP contribution in [-0.4, -0.2) is 41.0 Å². The molecule has 0 bridgehead atoms. The zero-order valence-electron chi connectivity index (χ0n) is 8.11. The van der Waals surface area contributed by atoms with Crippen molar-refractivity contribution in [2.45, 2.75) is 6.42 Å². The Kier molecular flexibility index (Phi) is 3.67. The van der Waals surface area contributed by atoms with Crippen molar-refractivity contribution < 1.29 is 0 Å². The van der Waals surface area contributed by atoms with Gasteiger partial charge >= 0.3 is 0 Å². The number of anilines is 1. The summed E-state index contributed by atoms with van der Waals surface area (Å²) in [5.41, 5.74) is 6.72. The highest BCUT2D eigenvalue weighted by molar-refractivity contribution is 7.99. The predicted octanol–water partition coefficient (Wildman–Crippen LogP) is 1.32. The minimum atomic E-state index is 0.689. The number of nitrogens with two attached hydrogens (primary N) is 1. The molecule has 1 aliphatic heterocycles. The lowest BCUT2D eigenvalue weighted by Crippen LogP contribution is -2.34. The molecule has 0 amide bonds. The van der Waals surface area contributed by atoms with E-state index in [1.807, 2.05) is 11.8 Å². The van der Waals surface area contributed by atoms with Gasteiger partial charge in [-0.3, -0.25) is 0 Å². The molecular formula is C9H15N3S2. The van der Waals surface area contributed by atoms with Crippen molar-refractivity contribution in [3.8, 4) is 0 Å². The largest absolute Gasteiger partial charge is 0.375 e. The van der Waals surface area contributed by atoms with Gasteiger partial charge in [0.15, 0.2) is 5.13 Å². The molecule has 1 fully saturated rings. The van der Waals surface area contributed by atoms with Crippen LogP contribution >= 0.6 is 23.1 Å². The molecule has 0 unspecified atom stereocenters. The molecule has 0 saturated carbocycles. The van der Waals surface area contributed by atoms with Crippen LogP contribution in [0, 0.1) is 0 Å². The Morgan fingerprint density at radius 1 is 1.43 bits per heavy atom. The van der Waals surface area contributed by atoms with Gasteiger partial charge in [0.05, 0.1) is 5.69 Å². The van der Waals surface area contributed by atoms with Gasteiger partial charge in [0.2, 0.25) is 0 Å². The van der Waals surface area contributed by atoms with Crippen molar-refractivity contribution >= 4 is 28.2 Å². The van der Waals surface area contributed by atoms with Crippen LogP contribution in [0.3, 0.4) is 0 Å². The van der Waals surface area contributed by atoms with E-state index >= 15 is 0 Å². The van der Waals surface area contributed by atoms with Crippen LogP contribution in [0.1, 0.15) is 5.69 Å². The maximum absolute atomic E-state index is 5.58. The number of thioether (sulfide) groups is 1. The van der Waals surface area contributed by atoms with E-state index in [0.29, 0.717) is 5.13 Å². The summed E-state index contributed by atoms with van der Waals surface area (Å²) in [7, 11) is 0. The third-order valence-electron chi connectivity index (χ3n) is 2.36. The summed E-state index contributed by atoms with van der Waals surface area (Å²) >= 11 is 3.58. The van der Waals surface area contributed by atoms with E-state index in [-0.39, 0.29) is 0 Å². The highest BCUT2D eigenvalue weighted by Crippen LogP contribution is 2.13. The molecule has 1 saturated heterocycles. The number of thiazole rings is 1. The monoisotopic (exact) mass is 229 g/mol. The number of rotatable bonds is 3.